The molecule has 15 heteroatoms. The van der Waals surface area contributed by atoms with Crippen LogP contribution in [0.4, 0.5) is 0 Å². The summed E-state index contributed by atoms with van der Waals surface area (Å²) in [4.78, 5) is 30.0. The number of aromatic nitrogens is 5. The van der Waals surface area contributed by atoms with Crippen LogP contribution in [0.2, 0.25) is 0 Å². The molecule has 0 amide bonds. The SMILES string of the molecule is CCCc1c2nc(-c3cc(S(=O)(=O)N4CCN(CC)CC4)cnc3OCCOC)[nH]c(=O)c2nn1CCN1CCOCC1. The Morgan fingerprint density at radius 1 is 1.00 bits per heavy atom. The predicted octanol–water partition coefficient (Wildman–Crippen LogP) is 0.818. The molecule has 0 spiro atoms. The number of ether oxygens (including phenoxy) is 3. The standard InChI is InChI=1S/C28H42N8O6S/c1-4-6-23-24-25(32-36(23)12-9-34-13-15-41-16-14-34)27(37)31-26(30-24)22-19-21(20-29-28(22)42-18-17-40-3)43(38,39)35-10-7-33(5-2)8-11-35/h19-20H,4-18H2,1-3H3,(H,30,31,37). The molecule has 236 valence electrons. The van der Waals surface area contributed by atoms with Crippen molar-refractivity contribution in [3.05, 3.63) is 28.3 Å². The Morgan fingerprint density at radius 2 is 1.77 bits per heavy atom. The van der Waals surface area contributed by atoms with Crippen molar-refractivity contribution in [1.29, 1.82) is 0 Å². The first-order valence-electron chi connectivity index (χ1n) is 15.0. The highest BCUT2D eigenvalue weighted by Crippen LogP contribution is 2.30. The second-order valence-corrected chi connectivity index (χ2v) is 12.6. The van der Waals surface area contributed by atoms with Gasteiger partial charge >= 0.3 is 0 Å². The zero-order chi connectivity index (χ0) is 30.4. The van der Waals surface area contributed by atoms with Gasteiger partial charge in [0, 0.05) is 52.9 Å². The third kappa shape index (κ3) is 7.07. The number of piperazine rings is 1. The maximum atomic E-state index is 13.7. The highest BCUT2D eigenvalue weighted by atomic mass is 32.2. The summed E-state index contributed by atoms with van der Waals surface area (Å²) < 4.78 is 47.1. The molecule has 2 aliphatic rings. The van der Waals surface area contributed by atoms with Gasteiger partial charge in [-0.05, 0) is 19.0 Å². The predicted molar refractivity (Wildman–Crippen MR) is 161 cm³/mol. The van der Waals surface area contributed by atoms with E-state index in [4.69, 9.17) is 19.2 Å². The van der Waals surface area contributed by atoms with Crippen molar-refractivity contribution < 1.29 is 22.6 Å². The number of rotatable bonds is 13. The number of H-pyrrole nitrogens is 1. The van der Waals surface area contributed by atoms with Crippen molar-refractivity contribution in [3.8, 4) is 17.3 Å². The van der Waals surface area contributed by atoms with Gasteiger partial charge in [0.15, 0.2) is 5.52 Å². The van der Waals surface area contributed by atoms with Crippen molar-refractivity contribution in [2.75, 3.05) is 85.9 Å². The maximum absolute atomic E-state index is 13.7. The fourth-order valence-corrected chi connectivity index (χ4v) is 6.83. The average Bonchev–Trinajstić information content (AvgIpc) is 3.38. The van der Waals surface area contributed by atoms with Gasteiger partial charge < -0.3 is 24.1 Å². The fraction of sp³-hybridized carbons (Fsp3) is 0.643. The first kappa shape index (κ1) is 31.5. The van der Waals surface area contributed by atoms with Crippen LogP contribution in [0.25, 0.3) is 22.4 Å². The lowest BCUT2D eigenvalue weighted by Gasteiger charge is -2.33. The van der Waals surface area contributed by atoms with E-state index in [0.29, 0.717) is 64.5 Å². The van der Waals surface area contributed by atoms with Crippen LogP contribution < -0.4 is 10.3 Å². The Labute approximate surface area is 252 Å². The molecule has 5 heterocycles. The van der Waals surface area contributed by atoms with Crippen molar-refractivity contribution in [2.45, 2.75) is 38.1 Å². The van der Waals surface area contributed by atoms with E-state index in [1.54, 1.807) is 7.11 Å². The van der Waals surface area contributed by atoms with Gasteiger partial charge in [-0.2, -0.15) is 9.40 Å². The van der Waals surface area contributed by atoms with Crippen LogP contribution in [-0.4, -0.2) is 133 Å². The molecule has 5 rings (SSSR count). The summed E-state index contributed by atoms with van der Waals surface area (Å²) in [5.74, 6) is 0.335. The van der Waals surface area contributed by atoms with E-state index in [1.807, 2.05) is 4.68 Å². The summed E-state index contributed by atoms with van der Waals surface area (Å²) in [5, 5.41) is 4.65. The smallest absolute Gasteiger partial charge is 0.279 e. The minimum atomic E-state index is -3.84. The van der Waals surface area contributed by atoms with Gasteiger partial charge in [-0.15, -0.1) is 0 Å². The van der Waals surface area contributed by atoms with Crippen molar-refractivity contribution >= 4 is 21.1 Å². The van der Waals surface area contributed by atoms with Crippen molar-refractivity contribution in [2.24, 2.45) is 0 Å². The zero-order valence-corrected chi connectivity index (χ0v) is 26.1. The van der Waals surface area contributed by atoms with E-state index in [0.717, 1.165) is 38.3 Å². The van der Waals surface area contributed by atoms with E-state index < -0.39 is 15.6 Å². The Kier molecular flexibility index (Phi) is 10.4. The molecule has 43 heavy (non-hydrogen) atoms. The topological polar surface area (TPSA) is 148 Å². The third-order valence-electron chi connectivity index (χ3n) is 7.94. The van der Waals surface area contributed by atoms with Gasteiger partial charge in [-0.25, -0.2) is 18.4 Å². The lowest BCUT2D eigenvalue weighted by molar-refractivity contribution is 0.0359. The molecule has 1 N–H and O–H groups in total. The molecule has 3 aromatic heterocycles. The summed E-state index contributed by atoms with van der Waals surface area (Å²) in [6.45, 7) is 12.1. The first-order valence-corrected chi connectivity index (χ1v) is 16.4. The quantitative estimate of drug-likeness (QED) is 0.272. The summed E-state index contributed by atoms with van der Waals surface area (Å²) in [5.41, 5.74) is 1.49. The molecular formula is C28H42N8O6S. The fourth-order valence-electron chi connectivity index (χ4n) is 5.44. The Bertz CT molecular complexity index is 1540. The molecule has 0 atom stereocenters. The van der Waals surface area contributed by atoms with Crippen molar-refractivity contribution in [3.63, 3.8) is 0 Å². The molecule has 0 aromatic carbocycles. The number of hydrogen-bond donors (Lipinski definition) is 1. The molecule has 0 bridgehead atoms. The minimum Gasteiger partial charge on any atom is -0.475 e. The average molecular weight is 619 g/mol. The normalized spacial score (nSPS) is 17.6. The number of likely N-dealkylation sites (N-methyl/N-ethyl adjacent to an activating group) is 1. The van der Waals surface area contributed by atoms with E-state index in [2.05, 4.69) is 38.7 Å². The highest BCUT2D eigenvalue weighted by molar-refractivity contribution is 7.89. The third-order valence-corrected chi connectivity index (χ3v) is 9.81. The van der Waals surface area contributed by atoms with E-state index in [9.17, 15) is 13.2 Å². The summed E-state index contributed by atoms with van der Waals surface area (Å²) in [6.07, 6.45) is 2.83. The summed E-state index contributed by atoms with van der Waals surface area (Å²) in [7, 11) is -2.28. The summed E-state index contributed by atoms with van der Waals surface area (Å²) in [6, 6.07) is 1.49. The van der Waals surface area contributed by atoms with Crippen LogP contribution >= 0.6 is 0 Å². The minimum absolute atomic E-state index is 0.0178. The Morgan fingerprint density at radius 3 is 2.47 bits per heavy atom. The zero-order valence-electron chi connectivity index (χ0n) is 25.2. The van der Waals surface area contributed by atoms with E-state index in [-0.39, 0.29) is 34.3 Å². The number of hydrogen-bond acceptors (Lipinski definition) is 11. The van der Waals surface area contributed by atoms with Gasteiger partial charge in [0.2, 0.25) is 15.9 Å². The van der Waals surface area contributed by atoms with Crippen LogP contribution in [0, 0.1) is 0 Å². The van der Waals surface area contributed by atoms with Crippen LogP contribution in [0.5, 0.6) is 5.88 Å². The number of methoxy groups -OCH3 is 1. The van der Waals surface area contributed by atoms with Gasteiger partial charge in [-0.1, -0.05) is 20.3 Å². The molecule has 2 saturated heterocycles. The molecule has 14 nitrogen and oxygen atoms in total. The van der Waals surface area contributed by atoms with Crippen LogP contribution in [-0.2, 0) is 32.5 Å². The van der Waals surface area contributed by atoms with E-state index in [1.165, 1.54) is 16.6 Å². The number of aromatic amines is 1. The van der Waals surface area contributed by atoms with Crippen LogP contribution in [0.1, 0.15) is 26.0 Å². The second-order valence-electron chi connectivity index (χ2n) is 10.7. The Balaban J connectivity index is 1.53. The molecule has 0 unspecified atom stereocenters. The molecule has 0 aliphatic carbocycles. The van der Waals surface area contributed by atoms with Gasteiger partial charge in [0.25, 0.3) is 5.56 Å². The number of nitrogens with one attached hydrogen (secondary N) is 1. The lowest BCUT2D eigenvalue weighted by Crippen LogP contribution is -2.48. The molecule has 2 aliphatic heterocycles. The number of fused-ring (bicyclic) bond motifs is 1. The molecule has 2 fully saturated rings. The number of morpholine rings is 1. The first-order chi connectivity index (χ1) is 20.8. The van der Waals surface area contributed by atoms with Crippen LogP contribution in [0.3, 0.4) is 0 Å². The van der Waals surface area contributed by atoms with E-state index >= 15 is 0 Å². The molecule has 3 aromatic rings. The number of nitrogens with zero attached hydrogens (tertiary/aromatic N) is 7. The molecular weight excluding hydrogens is 576 g/mol. The number of aryl methyl sites for hydroxylation is 1. The second kappa shape index (κ2) is 14.2. The Hall–Kier alpha value is -2.95. The number of pyridine rings is 1. The van der Waals surface area contributed by atoms with Gasteiger partial charge in [0.1, 0.15) is 22.8 Å². The largest absolute Gasteiger partial charge is 0.475 e. The summed E-state index contributed by atoms with van der Waals surface area (Å²) >= 11 is 0. The molecule has 0 saturated carbocycles. The molecule has 0 radical (unpaired) electrons. The number of sulfonamides is 1. The lowest BCUT2D eigenvalue weighted by atomic mass is 10.2. The van der Waals surface area contributed by atoms with Crippen molar-refractivity contribution in [1.82, 2.24) is 38.8 Å². The maximum Gasteiger partial charge on any atom is 0.279 e. The van der Waals surface area contributed by atoms with Gasteiger partial charge in [-0.3, -0.25) is 14.4 Å². The highest BCUT2D eigenvalue weighted by Gasteiger charge is 2.30. The van der Waals surface area contributed by atoms with Gasteiger partial charge in [0.05, 0.1) is 43.8 Å². The van der Waals surface area contributed by atoms with Crippen LogP contribution in [0.15, 0.2) is 22.0 Å². The monoisotopic (exact) mass is 618 g/mol.